The molecule has 2 aromatic heterocycles. The lowest BCUT2D eigenvalue weighted by atomic mass is 9.96. The van der Waals surface area contributed by atoms with Gasteiger partial charge in [0.1, 0.15) is 5.82 Å². The number of anilines is 2. The third kappa shape index (κ3) is 3.21. The Kier molecular flexibility index (Phi) is 4.34. The number of ether oxygens (including phenoxy) is 1. The Labute approximate surface area is 141 Å². The molecular weight excluding hydrogens is 304 g/mol. The first-order valence-electron chi connectivity index (χ1n) is 8.79. The van der Waals surface area contributed by atoms with Crippen molar-refractivity contribution in [3.63, 3.8) is 0 Å². The fourth-order valence-electron chi connectivity index (χ4n) is 3.67. The minimum Gasteiger partial charge on any atom is -0.374 e. The van der Waals surface area contributed by atoms with Crippen molar-refractivity contribution in [3.05, 3.63) is 29.7 Å². The fourth-order valence-corrected chi connectivity index (χ4v) is 3.67. The van der Waals surface area contributed by atoms with Crippen molar-refractivity contribution in [2.45, 2.75) is 44.8 Å². The van der Waals surface area contributed by atoms with Crippen LogP contribution in [0.5, 0.6) is 0 Å². The first-order chi connectivity index (χ1) is 11.8. The number of nitrogen functional groups attached to an aromatic ring is 1. The summed E-state index contributed by atoms with van der Waals surface area (Å²) in [7, 11) is 0. The lowest BCUT2D eigenvalue weighted by Gasteiger charge is -2.29. The molecule has 2 N–H and O–H groups in total. The van der Waals surface area contributed by atoms with Crippen molar-refractivity contribution >= 4 is 11.8 Å². The van der Waals surface area contributed by atoms with Gasteiger partial charge in [-0.15, -0.1) is 0 Å². The van der Waals surface area contributed by atoms with Crippen LogP contribution >= 0.6 is 0 Å². The number of hydrogen-bond acceptors (Lipinski definition) is 6. The summed E-state index contributed by atoms with van der Waals surface area (Å²) in [6.07, 6.45) is 9.32. The highest BCUT2D eigenvalue weighted by Crippen LogP contribution is 2.29. The largest absolute Gasteiger partial charge is 0.374 e. The van der Waals surface area contributed by atoms with Crippen molar-refractivity contribution in [1.29, 1.82) is 0 Å². The summed E-state index contributed by atoms with van der Waals surface area (Å²) in [5.74, 6) is 1.41. The van der Waals surface area contributed by atoms with E-state index in [1.54, 1.807) is 6.20 Å². The second-order valence-electron chi connectivity index (χ2n) is 6.56. The highest BCUT2D eigenvalue weighted by atomic mass is 16.5. The third-order valence-electron chi connectivity index (χ3n) is 4.78. The molecule has 0 radical (unpaired) electrons. The smallest absolute Gasteiger partial charge is 0.222 e. The van der Waals surface area contributed by atoms with E-state index in [4.69, 9.17) is 10.5 Å². The zero-order valence-corrected chi connectivity index (χ0v) is 13.9. The molecule has 128 valence electrons. The van der Waals surface area contributed by atoms with Crippen LogP contribution in [0.4, 0.5) is 11.8 Å². The van der Waals surface area contributed by atoms with E-state index in [0.29, 0.717) is 5.95 Å². The van der Waals surface area contributed by atoms with Crippen LogP contribution in [-0.4, -0.2) is 45.5 Å². The molecule has 4 rings (SSSR count). The normalized spacial score (nSPS) is 21.3. The lowest BCUT2D eigenvalue weighted by Crippen LogP contribution is -2.36. The molecule has 1 atom stereocenters. The second kappa shape index (κ2) is 6.76. The Hall–Kier alpha value is -2.15. The molecule has 1 unspecified atom stereocenters. The standard InChI is InChI=1S/C17H24N6O/c18-17-20-15-6-2-1-5-14(15)16(21-17)22-8-4-10-24-13(11-22)12-23-9-3-7-19-23/h3,7,9,13H,1-2,4-6,8,10-12H2,(H2,18,20,21). The predicted molar refractivity (Wildman–Crippen MR) is 91.9 cm³/mol. The van der Waals surface area contributed by atoms with E-state index in [9.17, 15) is 0 Å². The van der Waals surface area contributed by atoms with Gasteiger partial charge in [-0.1, -0.05) is 0 Å². The maximum Gasteiger partial charge on any atom is 0.222 e. The average molecular weight is 328 g/mol. The van der Waals surface area contributed by atoms with Gasteiger partial charge in [-0.05, 0) is 38.2 Å². The number of aryl methyl sites for hydroxylation is 1. The van der Waals surface area contributed by atoms with Crippen molar-refractivity contribution in [1.82, 2.24) is 19.7 Å². The minimum absolute atomic E-state index is 0.0998. The summed E-state index contributed by atoms with van der Waals surface area (Å²) in [6.45, 7) is 3.28. The molecule has 0 amide bonds. The number of fused-ring (bicyclic) bond motifs is 1. The van der Waals surface area contributed by atoms with Crippen molar-refractivity contribution in [2.75, 3.05) is 30.3 Å². The Morgan fingerprint density at radius 1 is 1.21 bits per heavy atom. The molecule has 0 saturated carbocycles. The van der Waals surface area contributed by atoms with Crippen LogP contribution in [0.3, 0.4) is 0 Å². The molecule has 24 heavy (non-hydrogen) atoms. The van der Waals surface area contributed by atoms with E-state index in [1.165, 1.54) is 18.4 Å². The first-order valence-corrected chi connectivity index (χ1v) is 8.79. The van der Waals surface area contributed by atoms with Gasteiger partial charge < -0.3 is 15.4 Å². The van der Waals surface area contributed by atoms with Crippen LogP contribution in [0.15, 0.2) is 18.5 Å². The molecule has 1 fully saturated rings. The second-order valence-corrected chi connectivity index (χ2v) is 6.56. The van der Waals surface area contributed by atoms with Crippen LogP contribution < -0.4 is 10.6 Å². The molecule has 0 aromatic carbocycles. The van der Waals surface area contributed by atoms with Crippen molar-refractivity contribution in [3.8, 4) is 0 Å². The number of aromatic nitrogens is 4. The van der Waals surface area contributed by atoms with Gasteiger partial charge in [0.15, 0.2) is 0 Å². The topological polar surface area (TPSA) is 82.1 Å². The Morgan fingerprint density at radius 2 is 2.12 bits per heavy atom. The van der Waals surface area contributed by atoms with Crippen LogP contribution in [0, 0.1) is 0 Å². The Bertz CT molecular complexity index is 687. The molecule has 0 bridgehead atoms. The van der Waals surface area contributed by atoms with Gasteiger partial charge in [-0.2, -0.15) is 10.1 Å². The van der Waals surface area contributed by atoms with Gasteiger partial charge >= 0.3 is 0 Å². The van der Waals surface area contributed by atoms with E-state index in [2.05, 4.69) is 20.0 Å². The quantitative estimate of drug-likeness (QED) is 0.918. The van der Waals surface area contributed by atoms with E-state index < -0.39 is 0 Å². The molecule has 7 nitrogen and oxygen atoms in total. The summed E-state index contributed by atoms with van der Waals surface area (Å²) in [5.41, 5.74) is 8.40. The van der Waals surface area contributed by atoms with Crippen LogP contribution in [-0.2, 0) is 24.1 Å². The van der Waals surface area contributed by atoms with Gasteiger partial charge in [0.25, 0.3) is 0 Å². The number of rotatable bonds is 3. The summed E-state index contributed by atoms with van der Waals surface area (Å²) >= 11 is 0. The molecule has 1 aliphatic heterocycles. The predicted octanol–water partition coefficient (Wildman–Crippen LogP) is 1.43. The van der Waals surface area contributed by atoms with E-state index in [-0.39, 0.29) is 6.10 Å². The van der Waals surface area contributed by atoms with Crippen LogP contribution in [0.2, 0.25) is 0 Å². The average Bonchev–Trinajstić information content (AvgIpc) is 2.98. The fraction of sp³-hybridized carbons (Fsp3) is 0.588. The number of hydrogen-bond donors (Lipinski definition) is 1. The Morgan fingerprint density at radius 3 is 3.00 bits per heavy atom. The number of nitrogens with zero attached hydrogens (tertiary/aromatic N) is 5. The van der Waals surface area contributed by atoms with Crippen molar-refractivity contribution < 1.29 is 4.74 Å². The molecule has 1 aliphatic carbocycles. The maximum atomic E-state index is 6.03. The highest BCUT2D eigenvalue weighted by Gasteiger charge is 2.25. The molecule has 3 heterocycles. The van der Waals surface area contributed by atoms with E-state index >= 15 is 0 Å². The summed E-state index contributed by atoms with van der Waals surface area (Å²) < 4.78 is 7.95. The van der Waals surface area contributed by atoms with Gasteiger partial charge in [-0.25, -0.2) is 4.98 Å². The number of nitrogens with two attached hydrogens (primary N) is 1. The van der Waals surface area contributed by atoms with E-state index in [1.807, 2.05) is 16.9 Å². The zero-order valence-electron chi connectivity index (χ0n) is 13.9. The van der Waals surface area contributed by atoms with Crippen molar-refractivity contribution in [2.24, 2.45) is 0 Å². The molecular formula is C17H24N6O. The van der Waals surface area contributed by atoms with Gasteiger partial charge in [0.2, 0.25) is 5.95 Å². The summed E-state index contributed by atoms with van der Waals surface area (Å²) in [5, 5.41) is 4.30. The molecule has 0 spiro atoms. The first kappa shape index (κ1) is 15.4. The maximum absolute atomic E-state index is 6.03. The zero-order chi connectivity index (χ0) is 16.4. The van der Waals surface area contributed by atoms with Gasteiger partial charge in [0, 0.05) is 37.7 Å². The van der Waals surface area contributed by atoms with E-state index in [0.717, 1.165) is 57.0 Å². The van der Waals surface area contributed by atoms with Crippen LogP contribution in [0.25, 0.3) is 0 Å². The monoisotopic (exact) mass is 328 g/mol. The lowest BCUT2D eigenvalue weighted by molar-refractivity contribution is 0.0543. The Balaban J connectivity index is 1.59. The molecule has 1 saturated heterocycles. The third-order valence-corrected chi connectivity index (χ3v) is 4.78. The van der Waals surface area contributed by atoms with Gasteiger partial charge in [-0.3, -0.25) is 4.68 Å². The summed E-state index contributed by atoms with van der Waals surface area (Å²) in [6, 6.07) is 1.94. The minimum atomic E-state index is 0.0998. The molecule has 7 heteroatoms. The highest BCUT2D eigenvalue weighted by molar-refractivity contribution is 5.53. The molecule has 2 aliphatic rings. The molecule has 2 aromatic rings. The SMILES string of the molecule is Nc1nc2c(c(N3CCCOC(Cn4cccn4)C3)n1)CCCC2. The van der Waals surface area contributed by atoms with Crippen LogP contribution in [0.1, 0.15) is 30.5 Å². The van der Waals surface area contributed by atoms with Gasteiger partial charge in [0.05, 0.1) is 18.3 Å². The summed E-state index contributed by atoms with van der Waals surface area (Å²) in [4.78, 5) is 11.4.